The fraction of sp³-hybridized carbons (Fsp3) is 0.100. The molecule has 1 amide bonds. The van der Waals surface area contributed by atoms with Gasteiger partial charge in [0.15, 0.2) is 5.16 Å². The van der Waals surface area contributed by atoms with Crippen LogP contribution >= 0.6 is 11.8 Å². The van der Waals surface area contributed by atoms with Gasteiger partial charge in [-0.1, -0.05) is 121 Å². The molecule has 4 aromatic carbocycles. The molecule has 1 aromatic heterocycles. The summed E-state index contributed by atoms with van der Waals surface area (Å²) in [5.41, 5.74) is 5.19. The van der Waals surface area contributed by atoms with Crippen LogP contribution in [0, 0.1) is 0 Å². The highest BCUT2D eigenvalue weighted by atomic mass is 32.2. The maximum atomic E-state index is 12.9. The van der Waals surface area contributed by atoms with Crippen LogP contribution in [-0.4, -0.2) is 26.4 Å². The zero-order valence-electron chi connectivity index (χ0n) is 19.7. The van der Waals surface area contributed by atoms with Crippen molar-refractivity contribution in [2.45, 2.75) is 18.1 Å². The molecule has 0 unspecified atom stereocenters. The van der Waals surface area contributed by atoms with Gasteiger partial charge in [-0.2, -0.15) is 0 Å². The maximum Gasteiger partial charge on any atom is 0.234 e. The summed E-state index contributed by atoms with van der Waals surface area (Å²) in [6.45, 7) is 0.650. The summed E-state index contributed by atoms with van der Waals surface area (Å²) in [5, 5.41) is 12.7. The third kappa shape index (κ3) is 5.90. The van der Waals surface area contributed by atoms with E-state index in [1.807, 2.05) is 91.0 Å². The number of rotatable bonds is 9. The Morgan fingerprint density at radius 1 is 0.722 bits per heavy atom. The monoisotopic (exact) mass is 490 g/mol. The van der Waals surface area contributed by atoms with Gasteiger partial charge in [-0.25, -0.2) is 0 Å². The Kier molecular flexibility index (Phi) is 7.54. The molecule has 1 N–H and O–H groups in total. The van der Waals surface area contributed by atoms with Gasteiger partial charge in [0.1, 0.15) is 5.82 Å². The maximum absolute atomic E-state index is 12.9. The van der Waals surface area contributed by atoms with Crippen LogP contribution in [0.2, 0.25) is 0 Å². The number of hydrogen-bond donors (Lipinski definition) is 1. The molecule has 0 aliphatic carbocycles. The Bertz CT molecular complexity index is 1420. The number of para-hydroxylation sites is 1. The molecule has 0 spiro atoms. The Morgan fingerprint density at radius 3 is 2.06 bits per heavy atom. The number of nitrogens with one attached hydrogen (secondary N) is 1. The molecule has 0 atom stereocenters. The Hall–Kier alpha value is -4.16. The van der Waals surface area contributed by atoms with Gasteiger partial charge in [0.05, 0.1) is 12.3 Å². The number of carbonyl (C=O) groups excluding carboxylic acids is 1. The summed E-state index contributed by atoms with van der Waals surface area (Å²) in [5.74, 6) is 1.03. The number of benzene rings is 4. The van der Waals surface area contributed by atoms with Crippen molar-refractivity contribution < 1.29 is 4.79 Å². The SMILES string of the molecule is O=C(CSc1nnc(Cc2ccccc2)n1Cc1ccccc1)Nc1ccccc1-c1ccccc1. The van der Waals surface area contributed by atoms with Crippen molar-refractivity contribution in [2.24, 2.45) is 0 Å². The van der Waals surface area contributed by atoms with Crippen molar-refractivity contribution in [1.82, 2.24) is 14.8 Å². The standard InChI is InChI=1S/C30H26N4OS/c35-29(31-27-19-11-10-18-26(27)25-16-8-3-9-17-25)22-36-30-33-32-28(20-23-12-4-1-5-13-23)34(30)21-24-14-6-2-7-15-24/h1-19H,20-22H2,(H,31,35). The summed E-state index contributed by atoms with van der Waals surface area (Å²) >= 11 is 1.40. The highest BCUT2D eigenvalue weighted by Crippen LogP contribution is 2.28. The molecular formula is C30H26N4OS. The van der Waals surface area contributed by atoms with Gasteiger partial charge in [0, 0.05) is 17.7 Å². The molecule has 0 saturated carbocycles. The first-order valence-corrected chi connectivity index (χ1v) is 12.8. The fourth-order valence-electron chi connectivity index (χ4n) is 4.04. The van der Waals surface area contributed by atoms with Crippen LogP contribution in [0.15, 0.2) is 120 Å². The highest BCUT2D eigenvalue weighted by molar-refractivity contribution is 7.99. The van der Waals surface area contributed by atoms with E-state index < -0.39 is 0 Å². The second kappa shape index (κ2) is 11.5. The Balaban J connectivity index is 1.32. The van der Waals surface area contributed by atoms with E-state index >= 15 is 0 Å². The van der Waals surface area contributed by atoms with Gasteiger partial charge < -0.3 is 9.88 Å². The number of thioether (sulfide) groups is 1. The van der Waals surface area contributed by atoms with E-state index in [4.69, 9.17) is 0 Å². The van der Waals surface area contributed by atoms with Gasteiger partial charge in [-0.05, 0) is 22.8 Å². The summed E-state index contributed by atoms with van der Waals surface area (Å²) < 4.78 is 2.11. The number of carbonyl (C=O) groups is 1. The molecule has 1 heterocycles. The van der Waals surface area contributed by atoms with E-state index in [1.165, 1.54) is 17.3 Å². The summed E-state index contributed by atoms with van der Waals surface area (Å²) in [6.07, 6.45) is 0.678. The van der Waals surface area contributed by atoms with Gasteiger partial charge in [0.25, 0.3) is 0 Å². The first kappa shape index (κ1) is 23.6. The molecule has 0 saturated heterocycles. The molecule has 0 bridgehead atoms. The fourth-order valence-corrected chi connectivity index (χ4v) is 4.79. The van der Waals surface area contributed by atoms with Gasteiger partial charge in [-0.3, -0.25) is 4.79 Å². The molecule has 5 aromatic rings. The van der Waals surface area contributed by atoms with Crippen molar-refractivity contribution in [1.29, 1.82) is 0 Å². The van der Waals surface area contributed by atoms with Crippen molar-refractivity contribution in [2.75, 3.05) is 11.1 Å². The van der Waals surface area contributed by atoms with E-state index in [2.05, 4.69) is 44.3 Å². The normalized spacial score (nSPS) is 10.8. The molecule has 6 heteroatoms. The molecule has 5 rings (SSSR count). The van der Waals surface area contributed by atoms with Crippen LogP contribution < -0.4 is 5.32 Å². The van der Waals surface area contributed by atoms with Crippen LogP contribution in [0.3, 0.4) is 0 Å². The molecule has 0 fully saturated rings. The largest absolute Gasteiger partial charge is 0.325 e. The quantitative estimate of drug-likeness (QED) is 0.246. The second-order valence-electron chi connectivity index (χ2n) is 8.38. The average molecular weight is 491 g/mol. The summed E-state index contributed by atoms with van der Waals surface area (Å²) in [7, 11) is 0. The molecule has 36 heavy (non-hydrogen) atoms. The lowest BCUT2D eigenvalue weighted by molar-refractivity contribution is -0.113. The van der Waals surface area contributed by atoms with Crippen LogP contribution in [0.4, 0.5) is 5.69 Å². The molecule has 0 aliphatic rings. The smallest absolute Gasteiger partial charge is 0.234 e. The first-order valence-electron chi connectivity index (χ1n) is 11.8. The van der Waals surface area contributed by atoms with Crippen LogP contribution in [0.5, 0.6) is 0 Å². The predicted molar refractivity (Wildman–Crippen MR) is 146 cm³/mol. The van der Waals surface area contributed by atoms with Crippen molar-refractivity contribution in [3.8, 4) is 11.1 Å². The predicted octanol–water partition coefficient (Wildman–Crippen LogP) is 6.32. The molecular weight excluding hydrogens is 464 g/mol. The average Bonchev–Trinajstić information content (AvgIpc) is 3.30. The lowest BCUT2D eigenvalue weighted by Crippen LogP contribution is -2.15. The van der Waals surface area contributed by atoms with Crippen molar-refractivity contribution >= 4 is 23.4 Å². The van der Waals surface area contributed by atoms with E-state index in [9.17, 15) is 4.79 Å². The zero-order chi connectivity index (χ0) is 24.6. The Morgan fingerprint density at radius 2 is 1.33 bits per heavy atom. The third-order valence-corrected chi connectivity index (χ3v) is 6.77. The van der Waals surface area contributed by atoms with E-state index in [-0.39, 0.29) is 11.7 Å². The van der Waals surface area contributed by atoms with Crippen LogP contribution in [0.25, 0.3) is 11.1 Å². The molecule has 5 nitrogen and oxygen atoms in total. The van der Waals surface area contributed by atoms with Crippen molar-refractivity contribution in [3.63, 3.8) is 0 Å². The lowest BCUT2D eigenvalue weighted by Gasteiger charge is -2.12. The summed E-state index contributed by atoms with van der Waals surface area (Å²) in [4.78, 5) is 12.9. The lowest BCUT2D eigenvalue weighted by atomic mass is 10.0. The minimum atomic E-state index is -0.0812. The van der Waals surface area contributed by atoms with Crippen LogP contribution in [0.1, 0.15) is 17.0 Å². The van der Waals surface area contributed by atoms with E-state index in [0.717, 1.165) is 33.4 Å². The Labute approximate surface area is 215 Å². The molecule has 0 aliphatic heterocycles. The number of nitrogens with zero attached hydrogens (tertiary/aromatic N) is 3. The summed E-state index contributed by atoms with van der Waals surface area (Å²) in [6, 6.07) is 38.4. The van der Waals surface area contributed by atoms with Gasteiger partial charge >= 0.3 is 0 Å². The molecule has 178 valence electrons. The molecule has 0 radical (unpaired) electrons. The second-order valence-corrected chi connectivity index (χ2v) is 9.32. The highest BCUT2D eigenvalue weighted by Gasteiger charge is 2.16. The minimum absolute atomic E-state index is 0.0812. The first-order chi connectivity index (χ1) is 17.8. The number of aromatic nitrogens is 3. The third-order valence-electron chi connectivity index (χ3n) is 5.80. The zero-order valence-corrected chi connectivity index (χ0v) is 20.6. The minimum Gasteiger partial charge on any atom is -0.325 e. The topological polar surface area (TPSA) is 59.8 Å². The van der Waals surface area contributed by atoms with Crippen molar-refractivity contribution in [3.05, 3.63) is 132 Å². The van der Waals surface area contributed by atoms with Gasteiger partial charge in [0.2, 0.25) is 5.91 Å². The van der Waals surface area contributed by atoms with Crippen LogP contribution in [-0.2, 0) is 17.8 Å². The van der Waals surface area contributed by atoms with Gasteiger partial charge in [-0.15, -0.1) is 10.2 Å². The number of hydrogen-bond acceptors (Lipinski definition) is 4. The van der Waals surface area contributed by atoms with E-state index in [1.54, 1.807) is 0 Å². The van der Waals surface area contributed by atoms with E-state index in [0.29, 0.717) is 13.0 Å². The number of anilines is 1. The number of amides is 1.